The van der Waals surface area contributed by atoms with Crippen molar-refractivity contribution in [2.75, 3.05) is 0 Å². The van der Waals surface area contributed by atoms with Crippen LogP contribution in [0.4, 0.5) is 0 Å². The first-order valence-electron chi connectivity index (χ1n) is 10.9. The molecule has 0 N–H and O–H groups in total. The molecule has 0 heteroatoms. The Morgan fingerprint density at radius 3 is 1.74 bits per heavy atom. The second kappa shape index (κ2) is 6.30. The summed E-state index contributed by atoms with van der Waals surface area (Å²) in [6.45, 7) is 0. The molecule has 0 spiro atoms. The fourth-order valence-electron chi connectivity index (χ4n) is 5.46. The average Bonchev–Trinajstić information content (AvgIpc) is 3.29. The van der Waals surface area contributed by atoms with Gasteiger partial charge in [0.05, 0.1) is 0 Å². The van der Waals surface area contributed by atoms with E-state index in [0.29, 0.717) is 0 Å². The van der Waals surface area contributed by atoms with Crippen molar-refractivity contribution >= 4 is 48.7 Å². The summed E-state index contributed by atoms with van der Waals surface area (Å²) in [7, 11) is 0. The van der Waals surface area contributed by atoms with E-state index in [-0.39, 0.29) is 0 Å². The van der Waals surface area contributed by atoms with E-state index >= 15 is 0 Å². The number of hydrogen-bond acceptors (Lipinski definition) is 0. The Kier molecular flexibility index (Phi) is 3.42. The van der Waals surface area contributed by atoms with Gasteiger partial charge in [-0.2, -0.15) is 0 Å². The van der Waals surface area contributed by atoms with Gasteiger partial charge in [-0.1, -0.05) is 103 Å². The topological polar surface area (TPSA) is 0 Å². The molecule has 1 aliphatic carbocycles. The van der Waals surface area contributed by atoms with Gasteiger partial charge < -0.3 is 0 Å². The number of benzene rings is 6. The molecule has 0 atom stereocenters. The van der Waals surface area contributed by atoms with Gasteiger partial charge in [0.25, 0.3) is 0 Å². The summed E-state index contributed by atoms with van der Waals surface area (Å²) >= 11 is 0. The summed E-state index contributed by atoms with van der Waals surface area (Å²) in [6.07, 6.45) is 3.41. The van der Waals surface area contributed by atoms with Crippen molar-refractivity contribution in [2.24, 2.45) is 0 Å². The van der Waals surface area contributed by atoms with Gasteiger partial charge in [0.1, 0.15) is 0 Å². The highest BCUT2D eigenvalue weighted by Crippen LogP contribution is 2.41. The lowest BCUT2D eigenvalue weighted by molar-refractivity contribution is 1.32. The van der Waals surface area contributed by atoms with Gasteiger partial charge >= 0.3 is 0 Å². The van der Waals surface area contributed by atoms with E-state index in [1.807, 2.05) is 0 Å². The summed E-state index contributed by atoms with van der Waals surface area (Å²) in [4.78, 5) is 0. The van der Waals surface area contributed by atoms with E-state index < -0.39 is 0 Å². The molecule has 0 aliphatic heterocycles. The minimum Gasteiger partial charge on any atom is -0.0716 e. The number of rotatable bonds is 1. The average molecular weight is 393 g/mol. The monoisotopic (exact) mass is 392 g/mol. The Morgan fingerprint density at radius 2 is 1.03 bits per heavy atom. The van der Waals surface area contributed by atoms with Crippen LogP contribution in [0.15, 0.2) is 109 Å². The maximum absolute atomic E-state index is 2.41. The number of allylic oxidation sites excluding steroid dienone is 1. The van der Waals surface area contributed by atoms with Crippen molar-refractivity contribution in [1.29, 1.82) is 0 Å². The zero-order valence-corrected chi connectivity index (χ0v) is 17.1. The first-order valence-corrected chi connectivity index (χ1v) is 10.9. The Labute approximate surface area is 181 Å². The molecule has 0 radical (unpaired) electrons. The van der Waals surface area contributed by atoms with Gasteiger partial charge in [0, 0.05) is 0 Å². The summed E-state index contributed by atoms with van der Waals surface area (Å²) in [5, 5.41) is 10.6. The van der Waals surface area contributed by atoms with Crippen LogP contribution >= 0.6 is 0 Å². The lowest BCUT2D eigenvalue weighted by atomic mass is 9.89. The second-order valence-corrected chi connectivity index (χ2v) is 8.49. The Balaban J connectivity index is 1.55. The van der Waals surface area contributed by atoms with E-state index in [1.165, 1.54) is 65.4 Å². The second-order valence-electron chi connectivity index (χ2n) is 8.49. The van der Waals surface area contributed by atoms with Crippen LogP contribution in [0.3, 0.4) is 0 Å². The standard InChI is InChI=1S/C31H20/c1-2-8-23-20(7-1)13-14-21-15-17-24(31(21)23)22-16-18-29-27-11-4-3-9-25(27)26-10-5-6-12-28(26)30(29)19-22/h1-14,16-19H,15H2. The quantitative estimate of drug-likeness (QED) is 0.247. The van der Waals surface area contributed by atoms with Crippen molar-refractivity contribution in [3.05, 3.63) is 126 Å². The molecule has 6 aromatic rings. The molecule has 0 saturated carbocycles. The zero-order valence-electron chi connectivity index (χ0n) is 17.1. The molecule has 0 nitrogen and oxygen atoms in total. The fourth-order valence-corrected chi connectivity index (χ4v) is 5.46. The van der Waals surface area contributed by atoms with Crippen LogP contribution in [0.25, 0.3) is 48.7 Å². The summed E-state index contributed by atoms with van der Waals surface area (Å²) in [5.74, 6) is 0. The van der Waals surface area contributed by atoms with Crippen LogP contribution in [0, 0.1) is 0 Å². The molecule has 0 saturated heterocycles. The maximum atomic E-state index is 2.41. The van der Waals surface area contributed by atoms with Crippen LogP contribution in [-0.4, -0.2) is 0 Å². The normalized spacial score (nSPS) is 13.2. The minimum absolute atomic E-state index is 1.01. The summed E-state index contributed by atoms with van der Waals surface area (Å²) in [6, 6.07) is 37.9. The molecular formula is C31H20. The Morgan fingerprint density at radius 1 is 0.452 bits per heavy atom. The van der Waals surface area contributed by atoms with Gasteiger partial charge in [0.2, 0.25) is 0 Å². The largest absolute Gasteiger partial charge is 0.0716 e. The molecule has 1 aliphatic rings. The van der Waals surface area contributed by atoms with Gasteiger partial charge in [-0.3, -0.25) is 0 Å². The Hall–Kier alpha value is -3.90. The van der Waals surface area contributed by atoms with Crippen molar-refractivity contribution in [1.82, 2.24) is 0 Å². The van der Waals surface area contributed by atoms with Crippen molar-refractivity contribution in [3.8, 4) is 0 Å². The van der Waals surface area contributed by atoms with Gasteiger partial charge in [0.15, 0.2) is 0 Å². The fraction of sp³-hybridized carbons (Fsp3) is 0.0323. The van der Waals surface area contributed by atoms with Gasteiger partial charge in [-0.15, -0.1) is 0 Å². The third-order valence-corrected chi connectivity index (χ3v) is 6.87. The number of hydrogen-bond donors (Lipinski definition) is 0. The highest BCUT2D eigenvalue weighted by atomic mass is 14.2. The van der Waals surface area contributed by atoms with Crippen molar-refractivity contribution < 1.29 is 0 Å². The molecule has 7 rings (SSSR count). The van der Waals surface area contributed by atoms with E-state index in [1.54, 1.807) is 0 Å². The van der Waals surface area contributed by atoms with Crippen LogP contribution in [0.1, 0.15) is 16.7 Å². The molecule has 0 fully saturated rings. The number of fused-ring (bicyclic) bond motifs is 9. The van der Waals surface area contributed by atoms with Gasteiger partial charge in [-0.05, 0) is 77.8 Å². The first-order chi connectivity index (χ1) is 15.4. The highest BCUT2D eigenvalue weighted by Gasteiger charge is 2.19. The molecule has 6 aromatic carbocycles. The molecule has 0 unspecified atom stereocenters. The lowest BCUT2D eigenvalue weighted by Gasteiger charge is -2.14. The third-order valence-electron chi connectivity index (χ3n) is 6.87. The van der Waals surface area contributed by atoms with E-state index in [0.717, 1.165) is 6.42 Å². The van der Waals surface area contributed by atoms with Gasteiger partial charge in [-0.25, -0.2) is 0 Å². The molecule has 0 aromatic heterocycles. The van der Waals surface area contributed by atoms with Crippen LogP contribution in [0.2, 0.25) is 0 Å². The lowest BCUT2D eigenvalue weighted by Crippen LogP contribution is -1.91. The molecule has 0 amide bonds. The molecule has 144 valence electrons. The van der Waals surface area contributed by atoms with E-state index in [2.05, 4.69) is 109 Å². The smallest absolute Gasteiger partial charge is 0.00672 e. The predicted octanol–water partition coefficient (Wildman–Crippen LogP) is 8.29. The SMILES string of the molecule is C1=C(c2ccc3c4ccccc4c4ccccc4c3c2)c2c(ccc3ccccc23)C1. The minimum atomic E-state index is 1.01. The zero-order chi connectivity index (χ0) is 20.4. The summed E-state index contributed by atoms with van der Waals surface area (Å²) < 4.78 is 0. The summed E-state index contributed by atoms with van der Waals surface area (Å²) in [5.41, 5.74) is 5.51. The van der Waals surface area contributed by atoms with Crippen LogP contribution < -0.4 is 0 Å². The Bertz CT molecular complexity index is 1660. The molecule has 0 heterocycles. The predicted molar refractivity (Wildman–Crippen MR) is 134 cm³/mol. The third kappa shape index (κ3) is 2.36. The van der Waals surface area contributed by atoms with Crippen molar-refractivity contribution in [3.63, 3.8) is 0 Å². The molecule has 31 heavy (non-hydrogen) atoms. The highest BCUT2D eigenvalue weighted by molar-refractivity contribution is 6.25. The van der Waals surface area contributed by atoms with Crippen molar-refractivity contribution in [2.45, 2.75) is 6.42 Å². The molecule has 0 bridgehead atoms. The molecular weight excluding hydrogens is 372 g/mol. The van der Waals surface area contributed by atoms with Crippen LogP contribution in [0.5, 0.6) is 0 Å². The van der Waals surface area contributed by atoms with E-state index in [4.69, 9.17) is 0 Å². The maximum Gasteiger partial charge on any atom is -0.00672 e. The van der Waals surface area contributed by atoms with E-state index in [9.17, 15) is 0 Å². The first kappa shape index (κ1) is 16.8. The van der Waals surface area contributed by atoms with Crippen LogP contribution in [-0.2, 0) is 6.42 Å².